The zero-order chi connectivity index (χ0) is 13.5. The highest BCUT2D eigenvalue weighted by molar-refractivity contribution is 7.96. The van der Waals surface area contributed by atoms with Crippen molar-refractivity contribution in [2.75, 3.05) is 6.26 Å². The van der Waals surface area contributed by atoms with Crippen LogP contribution in [0, 0.1) is 5.41 Å². The van der Waals surface area contributed by atoms with E-state index in [-0.39, 0.29) is 17.2 Å². The summed E-state index contributed by atoms with van der Waals surface area (Å²) in [7, 11) is 0. The Morgan fingerprint density at radius 2 is 2.12 bits per heavy atom. The number of aliphatic hydroxyl groups excluding tert-OH is 1. The number of allylic oxidation sites excluding steroid dienone is 3. The first-order valence-electron chi connectivity index (χ1n) is 5.91. The van der Waals surface area contributed by atoms with Crippen LogP contribution in [0.15, 0.2) is 36.1 Å². The van der Waals surface area contributed by atoms with Crippen molar-refractivity contribution >= 4 is 11.9 Å². The lowest BCUT2D eigenvalue weighted by Gasteiger charge is -2.35. The van der Waals surface area contributed by atoms with Gasteiger partial charge in [0.05, 0.1) is 6.04 Å². The van der Waals surface area contributed by atoms with Gasteiger partial charge in [-0.2, -0.15) is 0 Å². The predicted molar refractivity (Wildman–Crippen MR) is 79.2 cm³/mol. The topological polar surface area (TPSA) is 32.3 Å². The summed E-state index contributed by atoms with van der Waals surface area (Å²) in [5, 5.41) is 9.74. The molecule has 0 spiro atoms. The predicted octanol–water partition coefficient (Wildman–Crippen LogP) is 4.23. The molecular formula is C14H25NOS. The van der Waals surface area contributed by atoms with Crippen LogP contribution in [-0.2, 0) is 0 Å². The molecule has 0 aromatic carbocycles. The van der Waals surface area contributed by atoms with Crippen LogP contribution in [0.5, 0.6) is 0 Å². The number of hydrogen-bond donors (Lipinski definition) is 2. The molecule has 17 heavy (non-hydrogen) atoms. The van der Waals surface area contributed by atoms with E-state index in [1.807, 2.05) is 19.3 Å². The Labute approximate surface area is 110 Å². The Kier molecular flexibility index (Phi) is 7.32. The third-order valence-corrected chi connectivity index (χ3v) is 3.28. The van der Waals surface area contributed by atoms with Crippen molar-refractivity contribution in [1.82, 2.24) is 4.72 Å². The minimum atomic E-state index is -0.197. The monoisotopic (exact) mass is 255 g/mol. The second-order valence-electron chi connectivity index (χ2n) is 4.54. The lowest BCUT2D eigenvalue weighted by atomic mass is 9.76. The largest absolute Gasteiger partial charge is 0.511 e. The van der Waals surface area contributed by atoms with E-state index < -0.39 is 0 Å². The van der Waals surface area contributed by atoms with E-state index in [1.165, 1.54) is 17.5 Å². The number of hydrogen-bond acceptors (Lipinski definition) is 3. The van der Waals surface area contributed by atoms with Gasteiger partial charge in [0, 0.05) is 5.41 Å². The van der Waals surface area contributed by atoms with E-state index in [0.29, 0.717) is 0 Å². The van der Waals surface area contributed by atoms with Crippen LogP contribution in [0.3, 0.4) is 0 Å². The smallest absolute Gasteiger partial charge is 0.104 e. The van der Waals surface area contributed by atoms with Crippen LogP contribution in [0.1, 0.15) is 34.1 Å². The fourth-order valence-electron chi connectivity index (χ4n) is 1.86. The second kappa shape index (κ2) is 7.62. The summed E-state index contributed by atoms with van der Waals surface area (Å²) in [4.78, 5) is 0. The minimum absolute atomic E-state index is 0.161. The summed E-state index contributed by atoms with van der Waals surface area (Å²) in [5.41, 5.74) is 1.02. The summed E-state index contributed by atoms with van der Waals surface area (Å²) in [6, 6.07) is -0.161. The Balaban J connectivity index is 5.28. The maximum Gasteiger partial charge on any atom is 0.104 e. The SMILES string of the molecule is C=C(O)C(NSC)C(C)(C)C(/C=C\C)=C/CC. The van der Waals surface area contributed by atoms with Gasteiger partial charge >= 0.3 is 0 Å². The molecule has 0 aliphatic heterocycles. The maximum absolute atomic E-state index is 9.74. The standard InChI is InChI=1S/C14H25NOS/c1-7-9-12(10-8-2)14(4,5)13(11(3)16)15-17-6/h7,9-10,13,15-16H,3,8H2,1-2,4-6H3/b9-7-,12-10+. The van der Waals surface area contributed by atoms with Crippen molar-refractivity contribution in [2.24, 2.45) is 5.41 Å². The maximum atomic E-state index is 9.74. The molecule has 0 rings (SSSR count). The molecule has 0 aromatic rings. The van der Waals surface area contributed by atoms with Gasteiger partial charge in [-0.05, 0) is 25.2 Å². The van der Waals surface area contributed by atoms with E-state index in [2.05, 4.69) is 44.2 Å². The van der Waals surface area contributed by atoms with Gasteiger partial charge in [-0.1, -0.05) is 57.5 Å². The van der Waals surface area contributed by atoms with Gasteiger partial charge in [0.2, 0.25) is 0 Å². The van der Waals surface area contributed by atoms with Gasteiger partial charge < -0.3 is 5.11 Å². The molecule has 0 aliphatic rings. The molecule has 0 saturated heterocycles. The highest BCUT2D eigenvalue weighted by Gasteiger charge is 2.33. The van der Waals surface area contributed by atoms with Crippen LogP contribution in [0.4, 0.5) is 0 Å². The fraction of sp³-hybridized carbons (Fsp3) is 0.571. The lowest BCUT2D eigenvalue weighted by molar-refractivity contribution is 0.272. The van der Waals surface area contributed by atoms with E-state index >= 15 is 0 Å². The first-order valence-corrected chi connectivity index (χ1v) is 7.13. The Morgan fingerprint density at radius 1 is 1.53 bits per heavy atom. The van der Waals surface area contributed by atoms with E-state index in [9.17, 15) is 5.11 Å². The van der Waals surface area contributed by atoms with Gasteiger partial charge in [-0.15, -0.1) is 0 Å². The second-order valence-corrected chi connectivity index (χ2v) is 5.18. The van der Waals surface area contributed by atoms with Crippen molar-refractivity contribution in [2.45, 2.75) is 40.2 Å². The summed E-state index contributed by atoms with van der Waals surface area (Å²) < 4.78 is 3.21. The Morgan fingerprint density at radius 3 is 2.47 bits per heavy atom. The average molecular weight is 255 g/mol. The first kappa shape index (κ1) is 16.3. The average Bonchev–Trinajstić information content (AvgIpc) is 2.24. The van der Waals surface area contributed by atoms with Crippen molar-refractivity contribution in [3.63, 3.8) is 0 Å². The number of rotatable bonds is 7. The zero-order valence-corrected chi connectivity index (χ0v) is 12.4. The molecule has 1 unspecified atom stereocenters. The quantitative estimate of drug-likeness (QED) is 0.405. The molecule has 0 saturated carbocycles. The van der Waals surface area contributed by atoms with E-state index in [0.717, 1.165) is 6.42 Å². The van der Waals surface area contributed by atoms with Crippen LogP contribution in [0.2, 0.25) is 0 Å². The van der Waals surface area contributed by atoms with Crippen molar-refractivity contribution in [3.05, 3.63) is 36.1 Å². The molecule has 0 radical (unpaired) electrons. The van der Waals surface area contributed by atoms with Crippen LogP contribution >= 0.6 is 11.9 Å². The molecule has 0 aromatic heterocycles. The van der Waals surface area contributed by atoms with Gasteiger partial charge in [0.15, 0.2) is 0 Å². The molecule has 2 N–H and O–H groups in total. The molecular weight excluding hydrogens is 230 g/mol. The molecule has 3 heteroatoms. The van der Waals surface area contributed by atoms with Crippen LogP contribution < -0.4 is 4.72 Å². The molecule has 0 aliphatic carbocycles. The summed E-state index contributed by atoms with van der Waals surface area (Å²) in [6.07, 6.45) is 9.25. The zero-order valence-electron chi connectivity index (χ0n) is 11.6. The Bertz CT molecular complexity index is 305. The number of nitrogens with one attached hydrogen (secondary N) is 1. The first-order chi connectivity index (χ1) is 7.91. The molecule has 0 bridgehead atoms. The van der Waals surface area contributed by atoms with Crippen molar-refractivity contribution < 1.29 is 5.11 Å². The Hall–Kier alpha value is -0.670. The van der Waals surface area contributed by atoms with Gasteiger partial charge in [0.1, 0.15) is 5.76 Å². The van der Waals surface area contributed by atoms with Crippen LogP contribution in [0.25, 0.3) is 0 Å². The van der Waals surface area contributed by atoms with Crippen LogP contribution in [-0.4, -0.2) is 17.4 Å². The van der Waals surface area contributed by atoms with Gasteiger partial charge in [0.25, 0.3) is 0 Å². The lowest BCUT2D eigenvalue weighted by Crippen LogP contribution is -2.41. The van der Waals surface area contributed by atoms with Gasteiger partial charge in [-0.25, -0.2) is 0 Å². The van der Waals surface area contributed by atoms with E-state index in [1.54, 1.807) is 0 Å². The fourth-order valence-corrected chi connectivity index (χ4v) is 2.53. The van der Waals surface area contributed by atoms with Gasteiger partial charge in [-0.3, -0.25) is 4.72 Å². The molecule has 1 atom stereocenters. The molecule has 2 nitrogen and oxygen atoms in total. The number of aliphatic hydroxyl groups is 1. The third kappa shape index (κ3) is 4.60. The molecule has 0 amide bonds. The summed E-state index contributed by atoms with van der Waals surface area (Å²) in [5.74, 6) is 0.177. The normalized spacial score (nSPS) is 15.2. The minimum Gasteiger partial charge on any atom is -0.511 e. The highest BCUT2D eigenvalue weighted by atomic mass is 32.2. The molecule has 98 valence electrons. The molecule has 0 heterocycles. The van der Waals surface area contributed by atoms with E-state index in [4.69, 9.17) is 0 Å². The summed E-state index contributed by atoms with van der Waals surface area (Å²) >= 11 is 1.50. The third-order valence-electron chi connectivity index (χ3n) is 2.80. The highest BCUT2D eigenvalue weighted by Crippen LogP contribution is 2.35. The van der Waals surface area contributed by atoms with Crippen molar-refractivity contribution in [3.8, 4) is 0 Å². The summed E-state index contributed by atoms with van der Waals surface area (Å²) in [6.45, 7) is 12.0. The molecule has 0 fully saturated rings. The van der Waals surface area contributed by atoms with Crippen molar-refractivity contribution in [1.29, 1.82) is 0 Å².